The molecule has 0 unspecified atom stereocenters. The highest BCUT2D eigenvalue weighted by molar-refractivity contribution is 6.06. The van der Waals surface area contributed by atoms with Gasteiger partial charge >= 0.3 is 0 Å². The van der Waals surface area contributed by atoms with Crippen LogP contribution >= 0.6 is 0 Å². The van der Waals surface area contributed by atoms with Crippen molar-refractivity contribution in [3.05, 3.63) is 65.4 Å². The van der Waals surface area contributed by atoms with Gasteiger partial charge in [0, 0.05) is 30.8 Å². The summed E-state index contributed by atoms with van der Waals surface area (Å²) < 4.78 is 20.4. The van der Waals surface area contributed by atoms with E-state index in [9.17, 15) is 9.18 Å². The number of amides is 1. The molecule has 0 radical (unpaired) electrons. The van der Waals surface area contributed by atoms with Crippen molar-refractivity contribution < 1.29 is 13.9 Å². The third-order valence-corrected chi connectivity index (χ3v) is 3.96. The summed E-state index contributed by atoms with van der Waals surface area (Å²) >= 11 is 0. The van der Waals surface area contributed by atoms with Crippen LogP contribution in [0.25, 0.3) is 0 Å². The van der Waals surface area contributed by atoms with Gasteiger partial charge in [0.05, 0.1) is 30.5 Å². The molecule has 0 saturated heterocycles. The molecule has 2 aromatic heterocycles. The van der Waals surface area contributed by atoms with E-state index in [0.29, 0.717) is 36.0 Å². The van der Waals surface area contributed by atoms with Gasteiger partial charge in [0.2, 0.25) is 0 Å². The molecule has 0 spiro atoms. The number of benzene rings is 1. The standard InChI is InChI=1S/C20H19FN6O2/c1-13-3-4-17(24-16-10-14(12-22)9-15(21)11-16)19(23-13)20(28)25-18-5-6-27(26-18)7-8-29-2/h3-6,9-11,24H,7-8H2,1-2H3,(H,25,26,28). The molecule has 9 heteroatoms. The fourth-order valence-electron chi connectivity index (χ4n) is 2.63. The highest BCUT2D eigenvalue weighted by Crippen LogP contribution is 2.23. The van der Waals surface area contributed by atoms with Gasteiger partial charge in [-0.05, 0) is 37.3 Å². The van der Waals surface area contributed by atoms with Crippen LogP contribution in [-0.4, -0.2) is 34.4 Å². The summed E-state index contributed by atoms with van der Waals surface area (Å²) in [6.07, 6.45) is 1.73. The lowest BCUT2D eigenvalue weighted by Gasteiger charge is -2.12. The number of nitriles is 1. The largest absolute Gasteiger partial charge is 0.383 e. The number of carbonyl (C=O) groups is 1. The van der Waals surface area contributed by atoms with E-state index in [1.165, 1.54) is 12.1 Å². The number of nitrogens with one attached hydrogen (secondary N) is 2. The fraction of sp³-hybridized carbons (Fsp3) is 0.200. The minimum absolute atomic E-state index is 0.124. The van der Waals surface area contributed by atoms with Crippen molar-refractivity contribution >= 4 is 23.1 Å². The second kappa shape index (κ2) is 8.95. The third kappa shape index (κ3) is 5.15. The highest BCUT2D eigenvalue weighted by Gasteiger charge is 2.16. The lowest BCUT2D eigenvalue weighted by Crippen LogP contribution is -2.17. The first-order valence-electron chi connectivity index (χ1n) is 8.77. The Bertz CT molecular complexity index is 1070. The van der Waals surface area contributed by atoms with Crippen molar-refractivity contribution in [2.24, 2.45) is 0 Å². The molecule has 1 aromatic carbocycles. The van der Waals surface area contributed by atoms with Crippen LogP contribution in [0, 0.1) is 24.1 Å². The maximum Gasteiger partial charge on any atom is 0.277 e. The second-order valence-corrected chi connectivity index (χ2v) is 6.23. The van der Waals surface area contributed by atoms with Crippen molar-refractivity contribution in [1.29, 1.82) is 5.26 Å². The molecule has 29 heavy (non-hydrogen) atoms. The van der Waals surface area contributed by atoms with Crippen molar-refractivity contribution in [2.45, 2.75) is 13.5 Å². The predicted octanol–water partition coefficient (Wildman–Crippen LogP) is 3.24. The zero-order chi connectivity index (χ0) is 20.8. The van der Waals surface area contributed by atoms with E-state index in [-0.39, 0.29) is 11.3 Å². The number of methoxy groups -OCH3 is 1. The van der Waals surface area contributed by atoms with E-state index in [4.69, 9.17) is 10.00 Å². The van der Waals surface area contributed by atoms with Gasteiger partial charge in [0.25, 0.3) is 5.91 Å². The first-order valence-corrected chi connectivity index (χ1v) is 8.77. The molecule has 0 aliphatic carbocycles. The van der Waals surface area contributed by atoms with Crippen molar-refractivity contribution in [3.8, 4) is 6.07 Å². The molecule has 2 N–H and O–H groups in total. The van der Waals surface area contributed by atoms with E-state index >= 15 is 0 Å². The molecular weight excluding hydrogens is 375 g/mol. The Morgan fingerprint density at radius 1 is 1.31 bits per heavy atom. The van der Waals surface area contributed by atoms with Gasteiger partial charge in [-0.3, -0.25) is 9.48 Å². The summed E-state index contributed by atoms with van der Waals surface area (Å²) in [5.41, 5.74) is 1.65. The number of pyridine rings is 1. The van der Waals surface area contributed by atoms with Crippen molar-refractivity contribution in [3.63, 3.8) is 0 Å². The molecule has 0 aliphatic rings. The Morgan fingerprint density at radius 2 is 2.14 bits per heavy atom. The van der Waals surface area contributed by atoms with Gasteiger partial charge in [0.1, 0.15) is 5.82 Å². The summed E-state index contributed by atoms with van der Waals surface area (Å²) in [7, 11) is 1.60. The van der Waals surface area contributed by atoms with Gasteiger partial charge in [-0.15, -0.1) is 0 Å². The Labute approximate surface area is 166 Å². The normalized spacial score (nSPS) is 10.4. The molecule has 0 saturated carbocycles. The Balaban J connectivity index is 1.83. The molecule has 3 rings (SSSR count). The molecule has 0 fully saturated rings. The number of nitrogens with zero attached hydrogens (tertiary/aromatic N) is 4. The number of aryl methyl sites for hydroxylation is 1. The molecule has 1 amide bonds. The number of anilines is 3. The highest BCUT2D eigenvalue weighted by atomic mass is 19.1. The van der Waals surface area contributed by atoms with E-state index in [1.54, 1.807) is 43.1 Å². The number of rotatable bonds is 7. The molecule has 0 atom stereocenters. The number of aromatic nitrogens is 3. The molecule has 148 valence electrons. The number of halogens is 1. The van der Waals surface area contributed by atoms with Crippen LogP contribution in [0.3, 0.4) is 0 Å². The molecule has 0 aliphatic heterocycles. The minimum Gasteiger partial charge on any atom is -0.383 e. The summed E-state index contributed by atoms with van der Waals surface area (Å²) in [6.45, 7) is 2.82. The van der Waals surface area contributed by atoms with Gasteiger partial charge in [-0.25, -0.2) is 9.37 Å². The first kappa shape index (κ1) is 20.0. The van der Waals surface area contributed by atoms with Crippen LogP contribution in [-0.2, 0) is 11.3 Å². The predicted molar refractivity (Wildman–Crippen MR) is 105 cm³/mol. The average Bonchev–Trinajstić information content (AvgIpc) is 3.14. The van der Waals surface area contributed by atoms with Crippen LogP contribution in [0.15, 0.2) is 42.6 Å². The SMILES string of the molecule is COCCn1ccc(NC(=O)c2nc(C)ccc2Nc2cc(F)cc(C#N)c2)n1. The van der Waals surface area contributed by atoms with E-state index in [1.807, 2.05) is 6.07 Å². The Hall–Kier alpha value is -3.77. The molecule has 8 nitrogen and oxygen atoms in total. The van der Waals surface area contributed by atoms with Gasteiger partial charge in [-0.2, -0.15) is 10.4 Å². The molecule has 0 bridgehead atoms. The average molecular weight is 394 g/mol. The maximum absolute atomic E-state index is 13.7. The van der Waals surface area contributed by atoms with Gasteiger partial charge in [0.15, 0.2) is 11.5 Å². The van der Waals surface area contributed by atoms with Crippen LogP contribution in [0.5, 0.6) is 0 Å². The zero-order valence-electron chi connectivity index (χ0n) is 15.9. The number of carbonyl (C=O) groups excluding carboxylic acids is 1. The number of hydrogen-bond donors (Lipinski definition) is 2. The summed E-state index contributed by atoms with van der Waals surface area (Å²) in [6, 6.07) is 10.8. The summed E-state index contributed by atoms with van der Waals surface area (Å²) in [5.74, 6) is -0.651. The smallest absolute Gasteiger partial charge is 0.277 e. The van der Waals surface area contributed by atoms with Crippen LogP contribution in [0.2, 0.25) is 0 Å². The summed E-state index contributed by atoms with van der Waals surface area (Å²) in [4.78, 5) is 17.1. The lowest BCUT2D eigenvalue weighted by molar-refractivity contribution is 0.102. The van der Waals surface area contributed by atoms with E-state index in [0.717, 1.165) is 6.07 Å². The molecule has 2 heterocycles. The van der Waals surface area contributed by atoms with Crippen LogP contribution in [0.4, 0.5) is 21.6 Å². The van der Waals surface area contributed by atoms with Gasteiger partial charge < -0.3 is 15.4 Å². The van der Waals surface area contributed by atoms with Crippen LogP contribution < -0.4 is 10.6 Å². The lowest BCUT2D eigenvalue weighted by atomic mass is 10.2. The summed E-state index contributed by atoms with van der Waals surface area (Å²) in [5, 5.41) is 18.9. The number of hydrogen-bond acceptors (Lipinski definition) is 6. The monoisotopic (exact) mass is 394 g/mol. The van der Waals surface area contributed by atoms with Crippen molar-refractivity contribution in [1.82, 2.24) is 14.8 Å². The van der Waals surface area contributed by atoms with Crippen LogP contribution in [0.1, 0.15) is 21.7 Å². The topological polar surface area (TPSA) is 105 Å². The third-order valence-electron chi connectivity index (χ3n) is 3.96. The van der Waals surface area contributed by atoms with E-state index in [2.05, 4.69) is 20.7 Å². The zero-order valence-corrected chi connectivity index (χ0v) is 15.9. The first-order chi connectivity index (χ1) is 14.0. The second-order valence-electron chi connectivity index (χ2n) is 6.23. The fourth-order valence-corrected chi connectivity index (χ4v) is 2.63. The van der Waals surface area contributed by atoms with E-state index < -0.39 is 11.7 Å². The quantitative estimate of drug-likeness (QED) is 0.637. The maximum atomic E-state index is 13.7. The Morgan fingerprint density at radius 3 is 2.90 bits per heavy atom. The minimum atomic E-state index is -0.556. The molecule has 3 aromatic rings. The Kier molecular flexibility index (Phi) is 6.16. The molecular formula is C20H19FN6O2. The van der Waals surface area contributed by atoms with Gasteiger partial charge in [-0.1, -0.05) is 0 Å². The number of ether oxygens (including phenoxy) is 1. The van der Waals surface area contributed by atoms with Crippen molar-refractivity contribution in [2.75, 3.05) is 24.4 Å².